The number of methoxy groups -OCH3 is 1. The maximum absolute atomic E-state index is 12.1. The first-order valence-corrected chi connectivity index (χ1v) is 9.14. The molecule has 0 aliphatic rings. The molecule has 0 aromatic heterocycles. The zero-order valence-electron chi connectivity index (χ0n) is 17.0. The highest BCUT2D eigenvalue weighted by Gasteiger charge is 2.08. The van der Waals surface area contributed by atoms with Crippen LogP contribution >= 0.6 is 0 Å². The number of allylic oxidation sites excluding steroid dienone is 2. The van der Waals surface area contributed by atoms with Gasteiger partial charge in [0.05, 0.1) is 13.5 Å². The van der Waals surface area contributed by atoms with Crippen LogP contribution in [0.2, 0.25) is 0 Å². The molecule has 0 radical (unpaired) electrons. The Kier molecular flexibility index (Phi) is 7.66. The second kappa shape index (κ2) is 10.2. The second-order valence-electron chi connectivity index (χ2n) is 6.62. The van der Waals surface area contributed by atoms with E-state index in [-0.39, 0.29) is 18.0 Å². The van der Waals surface area contributed by atoms with E-state index < -0.39 is 5.97 Å². The van der Waals surface area contributed by atoms with E-state index >= 15 is 0 Å². The lowest BCUT2D eigenvalue weighted by Gasteiger charge is -2.08. The highest BCUT2D eigenvalue weighted by atomic mass is 16.6. The largest absolute Gasteiger partial charge is 0.493 e. The summed E-state index contributed by atoms with van der Waals surface area (Å²) in [6.07, 6.45) is 5.86. The molecule has 0 heterocycles. The van der Waals surface area contributed by atoms with E-state index in [0.717, 1.165) is 11.1 Å². The third kappa shape index (κ3) is 6.88. The molecule has 5 heteroatoms. The van der Waals surface area contributed by atoms with E-state index in [1.165, 1.54) is 31.7 Å². The molecule has 0 aliphatic carbocycles. The maximum atomic E-state index is 12.1. The van der Waals surface area contributed by atoms with Crippen LogP contribution in [0.15, 0.2) is 48.6 Å². The highest BCUT2D eigenvalue weighted by molar-refractivity contribution is 6.10. The zero-order valence-corrected chi connectivity index (χ0v) is 17.0. The monoisotopic (exact) mass is 392 g/mol. The summed E-state index contributed by atoms with van der Waals surface area (Å²) in [5, 5.41) is 0. The predicted molar refractivity (Wildman–Crippen MR) is 113 cm³/mol. The molecule has 0 saturated heterocycles. The molecule has 2 rings (SSSR count). The lowest BCUT2D eigenvalue weighted by atomic mass is 10.1. The summed E-state index contributed by atoms with van der Waals surface area (Å²) in [6.45, 7) is 5.34. The van der Waals surface area contributed by atoms with Gasteiger partial charge in [0.25, 0.3) is 0 Å². The lowest BCUT2D eigenvalue weighted by Crippen LogP contribution is -2.03. The minimum Gasteiger partial charge on any atom is -0.493 e. The Morgan fingerprint density at radius 2 is 1.41 bits per heavy atom. The van der Waals surface area contributed by atoms with Crippen LogP contribution < -0.4 is 9.47 Å². The predicted octanol–water partition coefficient (Wildman–Crippen LogP) is 4.49. The molecule has 0 aliphatic heterocycles. The number of esters is 1. The van der Waals surface area contributed by atoms with Crippen LogP contribution in [-0.2, 0) is 14.4 Å². The zero-order chi connectivity index (χ0) is 21.4. The van der Waals surface area contributed by atoms with Crippen molar-refractivity contribution in [2.45, 2.75) is 27.2 Å². The fourth-order valence-corrected chi connectivity index (χ4v) is 2.56. The van der Waals surface area contributed by atoms with E-state index in [9.17, 15) is 14.4 Å². The van der Waals surface area contributed by atoms with Gasteiger partial charge in [0.2, 0.25) is 0 Å². The quantitative estimate of drug-likeness (QED) is 0.286. The van der Waals surface area contributed by atoms with Crippen LogP contribution in [0.4, 0.5) is 0 Å². The normalized spacial score (nSPS) is 11.0. The minimum absolute atomic E-state index is 0.208. The van der Waals surface area contributed by atoms with Crippen molar-refractivity contribution in [1.82, 2.24) is 0 Å². The first-order chi connectivity index (χ1) is 13.8. The van der Waals surface area contributed by atoms with Crippen LogP contribution in [0.5, 0.6) is 11.5 Å². The summed E-state index contributed by atoms with van der Waals surface area (Å²) in [5.74, 6) is -0.338. The fraction of sp³-hybridized carbons (Fsp3) is 0.208. The summed E-state index contributed by atoms with van der Waals surface area (Å²) in [7, 11) is 1.46. The summed E-state index contributed by atoms with van der Waals surface area (Å²) < 4.78 is 10.2. The molecule has 2 aromatic carbocycles. The van der Waals surface area contributed by atoms with Crippen molar-refractivity contribution < 1.29 is 23.9 Å². The molecule has 0 unspecified atom stereocenters. The summed E-state index contributed by atoms with van der Waals surface area (Å²) >= 11 is 0. The molecule has 150 valence electrons. The van der Waals surface area contributed by atoms with Gasteiger partial charge in [-0.05, 0) is 60.4 Å². The van der Waals surface area contributed by atoms with Crippen molar-refractivity contribution in [1.29, 1.82) is 0 Å². The number of hydrogen-bond acceptors (Lipinski definition) is 5. The van der Waals surface area contributed by atoms with Crippen molar-refractivity contribution in [2.24, 2.45) is 0 Å². The van der Waals surface area contributed by atoms with Gasteiger partial charge in [0, 0.05) is 6.92 Å². The molecule has 0 fully saturated rings. The first kappa shape index (κ1) is 21.8. The van der Waals surface area contributed by atoms with Gasteiger partial charge in [-0.2, -0.15) is 0 Å². The van der Waals surface area contributed by atoms with Crippen molar-refractivity contribution in [2.75, 3.05) is 7.11 Å². The van der Waals surface area contributed by atoms with E-state index in [1.807, 2.05) is 32.0 Å². The number of ether oxygens (including phenoxy) is 2. The lowest BCUT2D eigenvalue weighted by molar-refractivity contribution is -0.132. The Balaban J connectivity index is 1.98. The van der Waals surface area contributed by atoms with Crippen LogP contribution in [-0.4, -0.2) is 24.6 Å². The first-order valence-electron chi connectivity index (χ1n) is 9.14. The van der Waals surface area contributed by atoms with Crippen molar-refractivity contribution >= 4 is 29.7 Å². The third-order valence-electron chi connectivity index (χ3n) is 4.24. The number of ketones is 2. The number of carbonyl (C=O) groups excluding carboxylic acids is 3. The van der Waals surface area contributed by atoms with Gasteiger partial charge in [0.1, 0.15) is 0 Å². The molecule has 5 nitrogen and oxygen atoms in total. The number of aryl methyl sites for hydroxylation is 2. The van der Waals surface area contributed by atoms with Gasteiger partial charge in [-0.15, -0.1) is 0 Å². The number of carbonyl (C=O) groups is 3. The average molecular weight is 392 g/mol. The second-order valence-corrected chi connectivity index (χ2v) is 6.62. The van der Waals surface area contributed by atoms with Crippen molar-refractivity contribution in [3.8, 4) is 11.5 Å². The Morgan fingerprint density at radius 1 is 0.828 bits per heavy atom. The summed E-state index contributed by atoms with van der Waals surface area (Å²) in [5.41, 5.74) is 3.94. The highest BCUT2D eigenvalue weighted by Crippen LogP contribution is 2.28. The van der Waals surface area contributed by atoms with Crippen LogP contribution in [0.1, 0.15) is 35.6 Å². The van der Waals surface area contributed by atoms with Crippen LogP contribution in [0, 0.1) is 13.8 Å². The maximum Gasteiger partial charge on any atom is 0.308 e. The van der Waals surface area contributed by atoms with Gasteiger partial charge in [0.15, 0.2) is 23.1 Å². The molecule has 0 atom stereocenters. The Hall–Kier alpha value is -3.47. The van der Waals surface area contributed by atoms with Crippen LogP contribution in [0.25, 0.3) is 12.2 Å². The molecular formula is C24H24O5. The Bertz CT molecular complexity index is 983. The average Bonchev–Trinajstić information content (AvgIpc) is 2.67. The summed E-state index contributed by atoms with van der Waals surface area (Å²) in [4.78, 5) is 35.2. The number of rotatable bonds is 8. The van der Waals surface area contributed by atoms with Crippen molar-refractivity contribution in [3.05, 3.63) is 70.8 Å². The Morgan fingerprint density at radius 3 is 1.97 bits per heavy atom. The van der Waals surface area contributed by atoms with Crippen molar-refractivity contribution in [3.63, 3.8) is 0 Å². The summed E-state index contributed by atoms with van der Waals surface area (Å²) in [6, 6.07) is 10.8. The van der Waals surface area contributed by atoms with Crippen LogP contribution in [0.3, 0.4) is 0 Å². The number of hydrogen-bond donors (Lipinski definition) is 0. The molecule has 0 N–H and O–H groups in total. The van der Waals surface area contributed by atoms with Gasteiger partial charge in [-0.25, -0.2) is 0 Å². The van der Waals surface area contributed by atoms with E-state index in [1.54, 1.807) is 30.4 Å². The van der Waals surface area contributed by atoms with Gasteiger partial charge in [-0.1, -0.05) is 36.4 Å². The fourth-order valence-electron chi connectivity index (χ4n) is 2.56. The molecule has 0 spiro atoms. The molecule has 0 bridgehead atoms. The third-order valence-corrected chi connectivity index (χ3v) is 4.24. The van der Waals surface area contributed by atoms with Gasteiger partial charge < -0.3 is 9.47 Å². The molecule has 2 aromatic rings. The SMILES string of the molecule is COc1cc(/C=C/C(=O)CC(=O)/C=C/c2ccc(C)c(C)c2)ccc1OC(C)=O. The topological polar surface area (TPSA) is 69.7 Å². The molecule has 0 amide bonds. The standard InChI is InChI=1S/C24H24O5/c1-16-5-6-19(13-17(16)2)7-10-21(26)15-22(27)11-8-20-9-12-23(29-18(3)25)24(14-20)28-4/h5-14H,15H2,1-4H3/b10-7+,11-8+. The Labute approximate surface area is 170 Å². The number of benzene rings is 2. The van der Waals surface area contributed by atoms with Gasteiger partial charge in [-0.3, -0.25) is 14.4 Å². The molecule has 0 saturated carbocycles. The van der Waals surface area contributed by atoms with E-state index in [0.29, 0.717) is 17.1 Å². The van der Waals surface area contributed by atoms with E-state index in [4.69, 9.17) is 9.47 Å². The smallest absolute Gasteiger partial charge is 0.308 e. The van der Waals surface area contributed by atoms with Gasteiger partial charge >= 0.3 is 5.97 Å². The molecule has 29 heavy (non-hydrogen) atoms. The van der Waals surface area contributed by atoms with E-state index in [2.05, 4.69) is 0 Å². The molecular weight excluding hydrogens is 368 g/mol. The minimum atomic E-state index is -0.450.